The second kappa shape index (κ2) is 18.3. The number of hydrogen-bond donors (Lipinski definition) is 0. The summed E-state index contributed by atoms with van der Waals surface area (Å²) in [7, 11) is 0. The molecule has 0 atom stereocenters. The fourth-order valence-electron chi connectivity index (χ4n) is 5.11. The average Bonchev–Trinajstić information content (AvgIpc) is 3.14. The Hall–Kier alpha value is -5.86. The van der Waals surface area contributed by atoms with Gasteiger partial charge in [-0.1, -0.05) is 60.7 Å². The quantitative estimate of drug-likeness (QED) is 0.0904. The fraction of sp³-hybridized carbons (Fsp3) is 0.250. The van der Waals surface area contributed by atoms with Crippen LogP contribution in [0.15, 0.2) is 118 Å². The lowest BCUT2D eigenvalue weighted by Crippen LogP contribution is -2.21. The molecule has 0 aliphatic rings. The number of benzene rings is 4. The molecule has 0 radical (unpaired) electrons. The highest BCUT2D eigenvalue weighted by Gasteiger charge is 2.12. The highest BCUT2D eigenvalue weighted by molar-refractivity contribution is 5.87. The van der Waals surface area contributed by atoms with Crippen LogP contribution in [0.4, 0.5) is 11.4 Å². The summed E-state index contributed by atoms with van der Waals surface area (Å²) >= 11 is 0. The van der Waals surface area contributed by atoms with Gasteiger partial charge in [0, 0.05) is 73.2 Å². The second-order valence-electron chi connectivity index (χ2n) is 10.8. The van der Waals surface area contributed by atoms with Gasteiger partial charge in [0.05, 0.1) is 0 Å². The molecule has 8 nitrogen and oxygen atoms in total. The van der Waals surface area contributed by atoms with Gasteiger partial charge in [0.2, 0.25) is 0 Å². The fourth-order valence-corrected chi connectivity index (χ4v) is 5.11. The molecule has 0 unspecified atom stereocenters. The molecule has 0 saturated heterocycles. The summed E-state index contributed by atoms with van der Waals surface area (Å²) in [6.07, 6.45) is 3.09. The molecule has 0 aliphatic heterocycles. The van der Waals surface area contributed by atoms with E-state index >= 15 is 0 Å². The molecule has 4 rings (SSSR count). The summed E-state index contributed by atoms with van der Waals surface area (Å²) in [4.78, 5) is 13.3. The van der Waals surface area contributed by atoms with Crippen LogP contribution in [0.1, 0.15) is 49.9 Å². The van der Waals surface area contributed by atoms with Crippen molar-refractivity contribution < 1.29 is 9.47 Å². The van der Waals surface area contributed by atoms with Crippen molar-refractivity contribution in [1.29, 1.82) is 10.5 Å². The molecule has 0 aliphatic carbocycles. The molecular formula is C40H42N6O2. The van der Waals surface area contributed by atoms with E-state index in [-0.39, 0.29) is 11.4 Å². The Balaban J connectivity index is 1.65. The Morgan fingerprint density at radius 2 is 0.958 bits per heavy atom. The lowest BCUT2D eigenvalue weighted by atomic mass is 10.1. The average molecular weight is 639 g/mol. The summed E-state index contributed by atoms with van der Waals surface area (Å²) < 4.78 is 12.5. The van der Waals surface area contributed by atoms with E-state index in [0.29, 0.717) is 35.8 Å². The van der Waals surface area contributed by atoms with Crippen LogP contribution in [0.3, 0.4) is 0 Å². The molecule has 0 amide bonds. The molecule has 0 spiro atoms. The third-order valence-electron chi connectivity index (χ3n) is 7.83. The minimum absolute atomic E-state index is 0.109. The van der Waals surface area contributed by atoms with Gasteiger partial charge < -0.3 is 19.3 Å². The van der Waals surface area contributed by atoms with Gasteiger partial charge in [-0.15, -0.1) is 0 Å². The monoisotopic (exact) mass is 638 g/mol. The highest BCUT2D eigenvalue weighted by atomic mass is 16.5. The summed E-state index contributed by atoms with van der Waals surface area (Å²) in [5, 5.41) is 20.0. The number of allylic oxidation sites excluding steroid dienone is 2. The standard InChI is InChI=1S/C40H42N6O2/c1-5-45(6-2)35-21-19-33(39(23-35)47-29-31-15-11-9-12-16-31)27-43-37(25-41)38(26-42)44-28-34-20-22-36(46(7-3)8-4)24-40(34)48-30-32-17-13-10-14-18-32/h9-24,27-28H,5-8,29-30H2,1-4H3/b38-37+,43-27?,44-28?. The largest absolute Gasteiger partial charge is 0.488 e. The maximum Gasteiger partial charge on any atom is 0.176 e. The Bertz CT molecular complexity index is 1660. The van der Waals surface area contributed by atoms with Gasteiger partial charge in [-0.2, -0.15) is 10.5 Å². The first-order valence-corrected chi connectivity index (χ1v) is 16.3. The first-order valence-electron chi connectivity index (χ1n) is 16.3. The van der Waals surface area contributed by atoms with Crippen molar-refractivity contribution >= 4 is 23.8 Å². The van der Waals surface area contributed by atoms with Crippen LogP contribution in [0.2, 0.25) is 0 Å². The summed E-state index contributed by atoms with van der Waals surface area (Å²) in [5.41, 5.74) is 5.25. The first kappa shape index (κ1) is 35.0. The van der Waals surface area contributed by atoms with Gasteiger partial charge in [-0.3, -0.25) is 0 Å². The second-order valence-corrected chi connectivity index (χ2v) is 10.8. The molecule has 4 aromatic rings. The summed E-state index contributed by atoms with van der Waals surface area (Å²) in [6.45, 7) is 12.6. The maximum absolute atomic E-state index is 10.0. The van der Waals surface area contributed by atoms with Crippen LogP contribution in [0, 0.1) is 22.7 Å². The third kappa shape index (κ3) is 9.57. The SMILES string of the molecule is CCN(CC)c1ccc(C=N/C(C#N)=C(\C#N)N=Cc2ccc(N(CC)CC)cc2OCc2ccccc2)c(OCc2ccccc2)c1. The van der Waals surface area contributed by atoms with Crippen LogP contribution in [-0.4, -0.2) is 38.6 Å². The Labute approximate surface area is 284 Å². The number of nitriles is 2. The lowest BCUT2D eigenvalue weighted by Gasteiger charge is -2.22. The van der Waals surface area contributed by atoms with Gasteiger partial charge in [0.25, 0.3) is 0 Å². The van der Waals surface area contributed by atoms with E-state index in [9.17, 15) is 10.5 Å². The van der Waals surface area contributed by atoms with Crippen LogP contribution < -0.4 is 19.3 Å². The molecule has 48 heavy (non-hydrogen) atoms. The van der Waals surface area contributed by atoms with Crippen LogP contribution in [0.25, 0.3) is 0 Å². The Morgan fingerprint density at radius 3 is 1.29 bits per heavy atom. The van der Waals surface area contributed by atoms with Gasteiger partial charge in [-0.05, 0) is 63.1 Å². The van der Waals surface area contributed by atoms with Crippen LogP contribution in [-0.2, 0) is 13.2 Å². The molecule has 0 heterocycles. The van der Waals surface area contributed by atoms with Gasteiger partial charge >= 0.3 is 0 Å². The number of hydrogen-bond acceptors (Lipinski definition) is 8. The van der Waals surface area contributed by atoms with E-state index in [4.69, 9.17) is 9.47 Å². The molecule has 0 fully saturated rings. The van der Waals surface area contributed by atoms with Crippen molar-refractivity contribution in [3.63, 3.8) is 0 Å². The molecular weight excluding hydrogens is 596 g/mol. The van der Waals surface area contributed by atoms with E-state index in [1.54, 1.807) is 12.4 Å². The first-order chi connectivity index (χ1) is 23.5. The maximum atomic E-state index is 10.0. The predicted octanol–water partition coefficient (Wildman–Crippen LogP) is 8.33. The van der Waals surface area contributed by atoms with E-state index < -0.39 is 0 Å². The minimum Gasteiger partial charge on any atom is -0.488 e. The molecule has 4 aromatic carbocycles. The number of anilines is 2. The van der Waals surface area contributed by atoms with Crippen molar-refractivity contribution in [2.24, 2.45) is 9.98 Å². The van der Waals surface area contributed by atoms with E-state index in [1.165, 1.54) is 0 Å². The molecule has 244 valence electrons. The lowest BCUT2D eigenvalue weighted by molar-refractivity contribution is 0.306. The highest BCUT2D eigenvalue weighted by Crippen LogP contribution is 2.28. The molecule has 8 heteroatoms. The molecule has 0 bridgehead atoms. The van der Waals surface area contributed by atoms with Crippen molar-refractivity contribution in [1.82, 2.24) is 0 Å². The molecule has 0 aromatic heterocycles. The van der Waals surface area contributed by atoms with Gasteiger partial charge in [-0.25, -0.2) is 9.98 Å². The van der Waals surface area contributed by atoms with Crippen LogP contribution in [0.5, 0.6) is 11.5 Å². The molecule has 0 saturated carbocycles. The zero-order valence-electron chi connectivity index (χ0n) is 28.1. The van der Waals surface area contributed by atoms with Crippen molar-refractivity contribution in [3.05, 3.63) is 131 Å². The van der Waals surface area contributed by atoms with Gasteiger partial charge in [0.1, 0.15) is 36.9 Å². The number of ether oxygens (including phenoxy) is 2. The Morgan fingerprint density at radius 1 is 0.583 bits per heavy atom. The predicted molar refractivity (Wildman–Crippen MR) is 195 cm³/mol. The smallest absolute Gasteiger partial charge is 0.176 e. The zero-order valence-corrected chi connectivity index (χ0v) is 28.1. The third-order valence-corrected chi connectivity index (χ3v) is 7.83. The van der Waals surface area contributed by atoms with Crippen molar-refractivity contribution in [2.75, 3.05) is 36.0 Å². The minimum atomic E-state index is -0.109. The zero-order chi connectivity index (χ0) is 34.1. The number of nitrogens with zero attached hydrogens (tertiary/aromatic N) is 6. The number of aliphatic imine (C=N–C) groups is 2. The number of rotatable bonds is 16. The summed E-state index contributed by atoms with van der Waals surface area (Å²) in [6, 6.07) is 35.7. The topological polar surface area (TPSA) is 97.2 Å². The van der Waals surface area contributed by atoms with Crippen molar-refractivity contribution in [3.8, 4) is 23.6 Å². The van der Waals surface area contributed by atoms with E-state index in [1.807, 2.05) is 109 Å². The van der Waals surface area contributed by atoms with E-state index in [0.717, 1.165) is 48.7 Å². The normalized spacial score (nSPS) is 11.5. The van der Waals surface area contributed by atoms with Gasteiger partial charge in [0.15, 0.2) is 11.4 Å². The Kier molecular flexibility index (Phi) is 13.4. The van der Waals surface area contributed by atoms with Crippen molar-refractivity contribution in [2.45, 2.75) is 40.9 Å². The van der Waals surface area contributed by atoms with Crippen LogP contribution >= 0.6 is 0 Å². The summed E-state index contributed by atoms with van der Waals surface area (Å²) in [5.74, 6) is 1.25. The molecule has 0 N–H and O–H groups in total. The van der Waals surface area contributed by atoms with E-state index in [2.05, 4.69) is 47.5 Å².